The summed E-state index contributed by atoms with van der Waals surface area (Å²) in [5, 5.41) is 7.52. The van der Waals surface area contributed by atoms with Crippen LogP contribution >= 0.6 is 0 Å². The largest absolute Gasteiger partial charge is 0.373 e. The minimum Gasteiger partial charge on any atom is -0.373 e. The predicted molar refractivity (Wildman–Crippen MR) is 128 cm³/mol. The van der Waals surface area contributed by atoms with Gasteiger partial charge in [-0.2, -0.15) is 4.98 Å². The van der Waals surface area contributed by atoms with Gasteiger partial charge in [-0.15, -0.1) is 5.10 Å². The molecule has 3 aromatic rings. The number of nitrogens with zero attached hydrogens (tertiary/aromatic N) is 5. The van der Waals surface area contributed by atoms with Crippen LogP contribution in [0, 0.1) is 18.6 Å². The summed E-state index contributed by atoms with van der Waals surface area (Å²) in [6.07, 6.45) is 1.59. The molecule has 178 valence electrons. The van der Waals surface area contributed by atoms with Crippen LogP contribution < -0.4 is 10.2 Å². The second kappa shape index (κ2) is 10.3. The van der Waals surface area contributed by atoms with Crippen molar-refractivity contribution in [3.05, 3.63) is 59.9 Å². The van der Waals surface area contributed by atoms with Gasteiger partial charge in [-0.05, 0) is 55.9 Å². The Morgan fingerprint density at radius 2 is 1.85 bits per heavy atom. The molecular weight excluding hydrogens is 426 g/mol. The van der Waals surface area contributed by atoms with Gasteiger partial charge in [0.25, 0.3) is 0 Å². The minimum absolute atomic E-state index is 0. The normalized spacial score (nSPS) is 16.4. The predicted octanol–water partition coefficient (Wildman–Crippen LogP) is 4.39. The van der Waals surface area contributed by atoms with E-state index in [2.05, 4.69) is 51.2 Å². The number of benzene rings is 2. The van der Waals surface area contributed by atoms with Crippen molar-refractivity contribution < 1.29 is 14.9 Å². The number of morpholine rings is 1. The van der Waals surface area contributed by atoms with Crippen LogP contribution in [0.3, 0.4) is 0 Å². The van der Waals surface area contributed by atoms with Crippen molar-refractivity contribution in [1.82, 2.24) is 19.7 Å². The van der Waals surface area contributed by atoms with E-state index >= 15 is 0 Å². The highest BCUT2D eigenvalue weighted by Crippen LogP contribution is 2.26. The van der Waals surface area contributed by atoms with Crippen molar-refractivity contribution in [2.45, 2.75) is 26.9 Å². The molecule has 9 heteroatoms. The Morgan fingerprint density at radius 3 is 2.58 bits per heavy atom. The fraction of sp³-hybridized carbons (Fsp3) is 0.417. The van der Waals surface area contributed by atoms with Crippen molar-refractivity contribution in [3.63, 3.8) is 0 Å². The summed E-state index contributed by atoms with van der Waals surface area (Å²) in [6, 6.07) is 9.48. The number of aryl methyl sites for hydroxylation is 1. The molecule has 1 aliphatic rings. The molecule has 1 fully saturated rings. The van der Waals surface area contributed by atoms with Crippen LogP contribution in [0.1, 0.15) is 20.8 Å². The Balaban J connectivity index is 0.00000324. The number of halogens is 2. The molecule has 0 bridgehead atoms. The summed E-state index contributed by atoms with van der Waals surface area (Å²) in [7, 11) is 0. The molecular formula is C24H32F2N6O. The molecule has 1 aromatic heterocycles. The first kappa shape index (κ1) is 23.1. The molecule has 1 unspecified atom stereocenters. The minimum atomic E-state index is -0.664. The highest BCUT2D eigenvalue weighted by molar-refractivity contribution is 5.64. The molecule has 7 nitrogen and oxygen atoms in total. The Labute approximate surface area is 194 Å². The zero-order valence-corrected chi connectivity index (χ0v) is 19.3. The summed E-state index contributed by atoms with van der Waals surface area (Å²) in [5.41, 5.74) is 3.33. The lowest BCUT2D eigenvalue weighted by molar-refractivity contribution is 0.0177. The van der Waals surface area contributed by atoms with Gasteiger partial charge in [0, 0.05) is 38.5 Å². The average molecular weight is 459 g/mol. The summed E-state index contributed by atoms with van der Waals surface area (Å²) >= 11 is 0. The van der Waals surface area contributed by atoms with E-state index in [-0.39, 0.29) is 13.2 Å². The number of aromatic nitrogens is 3. The van der Waals surface area contributed by atoms with Crippen LogP contribution in [-0.4, -0.2) is 65.1 Å². The van der Waals surface area contributed by atoms with E-state index in [1.807, 2.05) is 13.0 Å². The lowest BCUT2D eigenvalue weighted by Gasteiger charge is -2.37. The fourth-order valence-corrected chi connectivity index (χ4v) is 4.10. The molecule has 2 aromatic carbocycles. The molecule has 0 aliphatic carbocycles. The van der Waals surface area contributed by atoms with Gasteiger partial charge in [0.1, 0.15) is 18.0 Å². The number of ether oxygens (including phenoxy) is 1. The summed E-state index contributed by atoms with van der Waals surface area (Å²) < 4.78 is 34.4. The van der Waals surface area contributed by atoms with Crippen LogP contribution in [0.15, 0.2) is 42.7 Å². The first-order chi connectivity index (χ1) is 15.9. The molecule has 4 rings (SSSR count). The molecule has 0 radical (unpaired) electrons. The van der Waals surface area contributed by atoms with Gasteiger partial charge in [-0.1, -0.05) is 13.8 Å². The second-order valence-electron chi connectivity index (χ2n) is 8.25. The first-order valence-electron chi connectivity index (χ1n) is 11.3. The average Bonchev–Trinajstić information content (AvgIpc) is 3.25. The van der Waals surface area contributed by atoms with Crippen molar-refractivity contribution in [3.8, 4) is 5.69 Å². The number of nitrogens with one attached hydrogen (secondary N) is 1. The molecule has 0 spiro atoms. The Bertz CT molecular complexity index is 1070. The van der Waals surface area contributed by atoms with E-state index in [9.17, 15) is 8.78 Å². The highest BCUT2D eigenvalue weighted by atomic mass is 19.1. The van der Waals surface area contributed by atoms with Gasteiger partial charge in [-0.25, -0.2) is 13.5 Å². The van der Waals surface area contributed by atoms with Crippen molar-refractivity contribution >= 4 is 17.3 Å². The van der Waals surface area contributed by atoms with E-state index in [0.29, 0.717) is 12.6 Å². The monoisotopic (exact) mass is 458 g/mol. The summed E-state index contributed by atoms with van der Waals surface area (Å²) in [4.78, 5) is 8.96. The van der Waals surface area contributed by atoms with Gasteiger partial charge < -0.3 is 19.9 Å². The molecule has 33 heavy (non-hydrogen) atoms. The number of anilines is 3. The number of likely N-dealkylation sites (N-methyl/N-ethyl adjacent to an activating group) is 1. The van der Waals surface area contributed by atoms with Gasteiger partial charge in [0.15, 0.2) is 0 Å². The van der Waals surface area contributed by atoms with Crippen molar-refractivity contribution in [1.29, 1.82) is 0 Å². The van der Waals surface area contributed by atoms with Crippen LogP contribution in [0.5, 0.6) is 0 Å². The third kappa shape index (κ3) is 5.85. The van der Waals surface area contributed by atoms with Crippen LogP contribution in [0.4, 0.5) is 26.1 Å². The van der Waals surface area contributed by atoms with E-state index in [1.54, 1.807) is 0 Å². The van der Waals surface area contributed by atoms with Gasteiger partial charge >= 0.3 is 0 Å². The molecule has 1 saturated heterocycles. The summed E-state index contributed by atoms with van der Waals surface area (Å²) in [5.74, 6) is -0.983. The van der Waals surface area contributed by atoms with Crippen molar-refractivity contribution in [2.24, 2.45) is 0 Å². The Kier molecular flexibility index (Phi) is 7.20. The van der Waals surface area contributed by atoms with Crippen LogP contribution in [0.25, 0.3) is 5.69 Å². The molecule has 1 N–H and O–H groups in total. The zero-order valence-electron chi connectivity index (χ0n) is 19.3. The Hall–Kier alpha value is -3.04. The lowest BCUT2D eigenvalue weighted by Crippen LogP contribution is -2.47. The molecule has 0 saturated carbocycles. The number of hydrogen-bond acceptors (Lipinski definition) is 6. The smallest absolute Gasteiger partial charge is 0.246 e. The van der Waals surface area contributed by atoms with E-state index in [1.165, 1.54) is 23.1 Å². The molecule has 0 amide bonds. The molecule has 1 aliphatic heterocycles. The summed E-state index contributed by atoms with van der Waals surface area (Å²) in [6.45, 7) is 11.7. The number of hydrogen-bond donors (Lipinski definition) is 1. The maximum atomic E-state index is 13.5. The van der Waals surface area contributed by atoms with Gasteiger partial charge in [0.2, 0.25) is 5.95 Å². The van der Waals surface area contributed by atoms with Crippen LogP contribution in [-0.2, 0) is 4.74 Å². The standard InChI is InChI=1S/C24H30F2N6O.H2/c1-4-30(5-2)14-23-15-31(6-7-33-23)21-9-17(3)8-20(13-21)28-24-27-16-32(29-24)22-11-18(25)10-19(26)12-22;/h8-13,16,23H,4-7,14-15H2,1-3H3,(H,28,29);1H. The quantitative estimate of drug-likeness (QED) is 0.540. The topological polar surface area (TPSA) is 58.5 Å². The zero-order chi connectivity index (χ0) is 23.4. The Morgan fingerprint density at radius 1 is 1.09 bits per heavy atom. The third-order valence-corrected chi connectivity index (χ3v) is 5.78. The molecule has 2 heterocycles. The first-order valence-corrected chi connectivity index (χ1v) is 11.3. The third-order valence-electron chi connectivity index (χ3n) is 5.78. The SMILES string of the molecule is CCN(CC)CC1CN(c2cc(C)cc(Nc3ncn(-c4cc(F)cc(F)c4)n3)c2)CCO1.[HH]. The highest BCUT2D eigenvalue weighted by Gasteiger charge is 2.23. The van der Waals surface area contributed by atoms with E-state index in [4.69, 9.17) is 4.74 Å². The van der Waals surface area contributed by atoms with Crippen molar-refractivity contribution in [2.75, 3.05) is 49.5 Å². The van der Waals surface area contributed by atoms with Gasteiger partial charge in [0.05, 0.1) is 18.4 Å². The molecule has 1 atom stereocenters. The maximum absolute atomic E-state index is 13.5. The lowest BCUT2D eigenvalue weighted by atomic mass is 10.1. The van der Waals surface area contributed by atoms with Crippen LogP contribution in [0.2, 0.25) is 0 Å². The second-order valence-corrected chi connectivity index (χ2v) is 8.25. The maximum Gasteiger partial charge on any atom is 0.246 e. The van der Waals surface area contributed by atoms with Gasteiger partial charge in [-0.3, -0.25) is 0 Å². The number of rotatable bonds is 8. The van der Waals surface area contributed by atoms with E-state index < -0.39 is 11.6 Å². The van der Waals surface area contributed by atoms with E-state index in [0.717, 1.165) is 55.7 Å². The fourth-order valence-electron chi connectivity index (χ4n) is 4.10.